The van der Waals surface area contributed by atoms with Crippen molar-refractivity contribution in [3.63, 3.8) is 0 Å². The summed E-state index contributed by atoms with van der Waals surface area (Å²) in [6, 6.07) is 7.09. The molecule has 0 amide bonds. The van der Waals surface area contributed by atoms with Gasteiger partial charge in [-0.05, 0) is 24.3 Å². The second-order valence-electron chi connectivity index (χ2n) is 3.13. The van der Waals surface area contributed by atoms with Gasteiger partial charge in [0.2, 0.25) is 0 Å². The van der Waals surface area contributed by atoms with E-state index in [0.29, 0.717) is 12.1 Å². The van der Waals surface area contributed by atoms with E-state index >= 15 is 0 Å². The summed E-state index contributed by atoms with van der Waals surface area (Å²) in [5.41, 5.74) is 1.48. The van der Waals surface area contributed by atoms with Crippen LogP contribution in [0.15, 0.2) is 49.6 Å². The van der Waals surface area contributed by atoms with Crippen LogP contribution in [0.4, 0.5) is 5.69 Å². The zero-order chi connectivity index (χ0) is 11.8. The molecule has 3 heteroatoms. The number of anilines is 1. The van der Waals surface area contributed by atoms with Gasteiger partial charge in [0.1, 0.15) is 6.61 Å². The van der Waals surface area contributed by atoms with Gasteiger partial charge in [0.05, 0.1) is 5.56 Å². The van der Waals surface area contributed by atoms with Crippen LogP contribution >= 0.6 is 0 Å². The molecule has 0 aliphatic rings. The highest BCUT2D eigenvalue weighted by Gasteiger charge is 2.05. The molecule has 0 aromatic heterocycles. The SMILES string of the molecule is C=CCNc1ccc(C(=O)OCC=C)cc1. The van der Waals surface area contributed by atoms with Gasteiger partial charge in [-0.1, -0.05) is 18.7 Å². The number of nitrogens with one attached hydrogen (secondary N) is 1. The van der Waals surface area contributed by atoms with Crippen LogP contribution in [-0.2, 0) is 4.74 Å². The average molecular weight is 217 g/mol. The van der Waals surface area contributed by atoms with E-state index in [4.69, 9.17) is 4.74 Å². The van der Waals surface area contributed by atoms with E-state index in [1.54, 1.807) is 18.2 Å². The minimum atomic E-state index is -0.338. The first-order valence-corrected chi connectivity index (χ1v) is 5.00. The molecule has 0 aliphatic carbocycles. The summed E-state index contributed by atoms with van der Waals surface area (Å²) < 4.78 is 4.90. The van der Waals surface area contributed by atoms with Crippen LogP contribution < -0.4 is 5.32 Å². The highest BCUT2D eigenvalue weighted by atomic mass is 16.5. The Kier molecular flexibility index (Phi) is 4.86. The normalized spacial score (nSPS) is 9.25. The van der Waals surface area contributed by atoms with Gasteiger partial charge in [-0.2, -0.15) is 0 Å². The van der Waals surface area contributed by atoms with Crippen molar-refractivity contribution in [2.24, 2.45) is 0 Å². The van der Waals surface area contributed by atoms with Crippen molar-refractivity contribution in [2.75, 3.05) is 18.5 Å². The van der Waals surface area contributed by atoms with Crippen LogP contribution in [0.2, 0.25) is 0 Å². The molecule has 1 rings (SSSR count). The Morgan fingerprint density at radius 2 is 1.94 bits per heavy atom. The Bertz CT molecular complexity index is 368. The number of esters is 1. The number of carbonyl (C=O) groups is 1. The van der Waals surface area contributed by atoms with Crippen molar-refractivity contribution in [3.05, 3.63) is 55.1 Å². The predicted molar refractivity (Wildman–Crippen MR) is 65.6 cm³/mol. The maximum absolute atomic E-state index is 11.4. The molecule has 0 fully saturated rings. The van der Waals surface area contributed by atoms with Crippen LogP contribution in [0.5, 0.6) is 0 Å². The minimum Gasteiger partial charge on any atom is -0.458 e. The zero-order valence-electron chi connectivity index (χ0n) is 9.11. The monoisotopic (exact) mass is 217 g/mol. The maximum Gasteiger partial charge on any atom is 0.338 e. The molecule has 1 N–H and O–H groups in total. The molecule has 1 aromatic rings. The molecule has 0 saturated carbocycles. The molecule has 3 nitrogen and oxygen atoms in total. The Balaban J connectivity index is 2.59. The largest absolute Gasteiger partial charge is 0.458 e. The lowest BCUT2D eigenvalue weighted by molar-refractivity contribution is 0.0550. The topological polar surface area (TPSA) is 38.3 Å². The van der Waals surface area contributed by atoms with E-state index in [2.05, 4.69) is 18.5 Å². The summed E-state index contributed by atoms with van der Waals surface area (Å²) in [5.74, 6) is -0.338. The van der Waals surface area contributed by atoms with Crippen LogP contribution in [0.25, 0.3) is 0 Å². The lowest BCUT2D eigenvalue weighted by atomic mass is 10.2. The molecule has 0 atom stereocenters. The molecule has 0 radical (unpaired) electrons. The fourth-order valence-electron chi connectivity index (χ4n) is 1.13. The number of hydrogen-bond acceptors (Lipinski definition) is 3. The van der Waals surface area contributed by atoms with E-state index in [9.17, 15) is 4.79 Å². The predicted octanol–water partition coefficient (Wildman–Crippen LogP) is 2.63. The number of rotatable bonds is 6. The second-order valence-corrected chi connectivity index (χ2v) is 3.13. The van der Waals surface area contributed by atoms with Crippen molar-refractivity contribution >= 4 is 11.7 Å². The molecule has 0 heterocycles. The summed E-state index contributed by atoms with van der Waals surface area (Å²) in [6.45, 7) is 8.01. The number of benzene rings is 1. The zero-order valence-corrected chi connectivity index (χ0v) is 9.11. The Morgan fingerprint density at radius 1 is 1.25 bits per heavy atom. The summed E-state index contributed by atoms with van der Waals surface area (Å²) in [5, 5.41) is 3.12. The third-order valence-electron chi connectivity index (χ3n) is 1.90. The van der Waals surface area contributed by atoms with E-state index < -0.39 is 0 Å². The van der Waals surface area contributed by atoms with Crippen molar-refractivity contribution in [2.45, 2.75) is 0 Å². The van der Waals surface area contributed by atoms with Crippen LogP contribution in [0.1, 0.15) is 10.4 Å². The second kappa shape index (κ2) is 6.45. The minimum absolute atomic E-state index is 0.231. The molecule has 0 spiro atoms. The maximum atomic E-state index is 11.4. The first kappa shape index (κ1) is 12.0. The smallest absolute Gasteiger partial charge is 0.338 e. The van der Waals surface area contributed by atoms with Crippen LogP contribution in [0.3, 0.4) is 0 Å². The molecule has 0 bridgehead atoms. The Labute approximate surface area is 95.4 Å². The van der Waals surface area contributed by atoms with Crippen molar-refractivity contribution in [1.82, 2.24) is 0 Å². The van der Waals surface area contributed by atoms with E-state index in [0.717, 1.165) is 5.69 Å². The summed E-state index contributed by atoms with van der Waals surface area (Å²) in [6.07, 6.45) is 3.31. The molecule has 0 saturated heterocycles. The highest BCUT2D eigenvalue weighted by molar-refractivity contribution is 5.89. The molecule has 84 valence electrons. The van der Waals surface area contributed by atoms with Gasteiger partial charge in [-0.15, -0.1) is 6.58 Å². The summed E-state index contributed by atoms with van der Waals surface area (Å²) in [4.78, 5) is 11.4. The standard InChI is InChI=1S/C13H15NO2/c1-3-9-14-12-7-5-11(6-8-12)13(15)16-10-4-2/h3-8,14H,1-2,9-10H2. The third-order valence-corrected chi connectivity index (χ3v) is 1.90. The van der Waals surface area contributed by atoms with Crippen molar-refractivity contribution < 1.29 is 9.53 Å². The quantitative estimate of drug-likeness (QED) is 0.588. The van der Waals surface area contributed by atoms with Gasteiger partial charge >= 0.3 is 5.97 Å². The third kappa shape index (κ3) is 3.61. The molecular formula is C13H15NO2. The van der Waals surface area contributed by atoms with Gasteiger partial charge < -0.3 is 10.1 Å². The fraction of sp³-hybridized carbons (Fsp3) is 0.154. The summed E-state index contributed by atoms with van der Waals surface area (Å²) in [7, 11) is 0. The molecule has 0 unspecified atom stereocenters. The summed E-state index contributed by atoms with van der Waals surface area (Å²) >= 11 is 0. The molecule has 16 heavy (non-hydrogen) atoms. The molecule has 1 aromatic carbocycles. The van der Waals surface area contributed by atoms with E-state index in [-0.39, 0.29) is 12.6 Å². The highest BCUT2D eigenvalue weighted by Crippen LogP contribution is 2.10. The molecular weight excluding hydrogens is 202 g/mol. The van der Waals surface area contributed by atoms with Gasteiger partial charge in [0.25, 0.3) is 0 Å². The first-order valence-electron chi connectivity index (χ1n) is 5.00. The Hall–Kier alpha value is -2.03. The van der Waals surface area contributed by atoms with E-state index in [1.165, 1.54) is 6.08 Å². The van der Waals surface area contributed by atoms with Crippen molar-refractivity contribution in [1.29, 1.82) is 0 Å². The first-order chi connectivity index (χ1) is 7.77. The van der Waals surface area contributed by atoms with E-state index in [1.807, 2.05) is 12.1 Å². The van der Waals surface area contributed by atoms with Gasteiger partial charge in [0.15, 0.2) is 0 Å². The van der Waals surface area contributed by atoms with Gasteiger partial charge in [-0.3, -0.25) is 0 Å². The molecule has 0 aliphatic heterocycles. The average Bonchev–Trinajstić information content (AvgIpc) is 2.34. The Morgan fingerprint density at radius 3 is 2.50 bits per heavy atom. The van der Waals surface area contributed by atoms with Gasteiger partial charge in [0, 0.05) is 12.2 Å². The van der Waals surface area contributed by atoms with Crippen molar-refractivity contribution in [3.8, 4) is 0 Å². The lowest BCUT2D eigenvalue weighted by Crippen LogP contribution is -2.05. The van der Waals surface area contributed by atoms with Gasteiger partial charge in [-0.25, -0.2) is 4.79 Å². The van der Waals surface area contributed by atoms with Crippen LogP contribution in [-0.4, -0.2) is 19.1 Å². The fourth-order valence-corrected chi connectivity index (χ4v) is 1.13. The number of hydrogen-bond donors (Lipinski definition) is 1. The lowest BCUT2D eigenvalue weighted by Gasteiger charge is -2.05. The number of carbonyl (C=O) groups excluding carboxylic acids is 1. The van der Waals surface area contributed by atoms with Crippen LogP contribution in [0, 0.1) is 0 Å². The number of ether oxygens (including phenoxy) is 1.